The average molecular weight is 210 g/mol. The molecule has 0 spiro atoms. The molecule has 0 unspecified atom stereocenters. The maximum Gasteiger partial charge on any atom is 0.181 e. The van der Waals surface area contributed by atoms with Crippen LogP contribution in [0, 0.1) is 0 Å². The summed E-state index contributed by atoms with van der Waals surface area (Å²) < 4.78 is 1.82. The molecular formula is C12H10N4. The summed E-state index contributed by atoms with van der Waals surface area (Å²) in [5.74, 6) is 0. The van der Waals surface area contributed by atoms with Gasteiger partial charge in [-0.2, -0.15) is 5.10 Å². The predicted octanol–water partition coefficient (Wildman–Crippen LogP) is 2.03. The summed E-state index contributed by atoms with van der Waals surface area (Å²) in [5.41, 5.74) is 2.68. The molecule has 0 fully saturated rings. The third-order valence-corrected chi connectivity index (χ3v) is 2.52. The lowest BCUT2D eigenvalue weighted by atomic mass is 10.2. The van der Waals surface area contributed by atoms with Crippen LogP contribution in [0.2, 0.25) is 0 Å². The van der Waals surface area contributed by atoms with Crippen LogP contribution in [0.3, 0.4) is 0 Å². The Balaban J connectivity index is 2.35. The van der Waals surface area contributed by atoms with Crippen LogP contribution in [-0.2, 0) is 7.05 Å². The normalized spacial score (nSPS) is 10.8. The van der Waals surface area contributed by atoms with Crippen molar-refractivity contribution in [3.8, 4) is 11.4 Å². The second-order valence-electron chi connectivity index (χ2n) is 3.56. The van der Waals surface area contributed by atoms with Gasteiger partial charge >= 0.3 is 0 Å². The van der Waals surface area contributed by atoms with Crippen LogP contribution in [0.15, 0.2) is 42.7 Å². The minimum atomic E-state index is 0.755. The minimum absolute atomic E-state index is 0.755. The van der Waals surface area contributed by atoms with E-state index in [9.17, 15) is 0 Å². The fourth-order valence-electron chi connectivity index (χ4n) is 1.83. The largest absolute Gasteiger partial charge is 0.264 e. The van der Waals surface area contributed by atoms with Gasteiger partial charge in [0, 0.05) is 24.8 Å². The van der Waals surface area contributed by atoms with Crippen molar-refractivity contribution in [3.05, 3.63) is 42.7 Å². The topological polar surface area (TPSA) is 43.6 Å². The molecule has 3 heterocycles. The van der Waals surface area contributed by atoms with Gasteiger partial charge in [-0.3, -0.25) is 9.67 Å². The molecule has 0 N–H and O–H groups in total. The summed E-state index contributed by atoms with van der Waals surface area (Å²) in [6.07, 6.45) is 3.53. The molecule has 0 amide bonds. The average Bonchev–Trinajstić information content (AvgIpc) is 2.66. The van der Waals surface area contributed by atoms with E-state index in [4.69, 9.17) is 0 Å². The highest BCUT2D eigenvalue weighted by Crippen LogP contribution is 2.24. The van der Waals surface area contributed by atoms with Gasteiger partial charge in [0.1, 0.15) is 0 Å². The van der Waals surface area contributed by atoms with Gasteiger partial charge in [0.05, 0.1) is 11.4 Å². The number of pyridine rings is 2. The van der Waals surface area contributed by atoms with Crippen LogP contribution in [0.5, 0.6) is 0 Å². The van der Waals surface area contributed by atoms with Crippen LogP contribution in [0.4, 0.5) is 0 Å². The second-order valence-corrected chi connectivity index (χ2v) is 3.56. The number of aromatic nitrogens is 4. The third kappa shape index (κ3) is 1.27. The van der Waals surface area contributed by atoms with Gasteiger partial charge in [-0.15, -0.1) is 0 Å². The summed E-state index contributed by atoms with van der Waals surface area (Å²) in [5, 5.41) is 5.39. The van der Waals surface area contributed by atoms with Crippen LogP contribution in [-0.4, -0.2) is 19.7 Å². The lowest BCUT2D eigenvalue weighted by Gasteiger charge is -2.00. The zero-order valence-electron chi connectivity index (χ0n) is 8.83. The molecule has 16 heavy (non-hydrogen) atoms. The number of aryl methyl sites for hydroxylation is 1. The Hall–Kier alpha value is -2.23. The smallest absolute Gasteiger partial charge is 0.181 e. The van der Waals surface area contributed by atoms with Crippen molar-refractivity contribution in [2.75, 3.05) is 0 Å². The number of fused-ring (bicyclic) bond motifs is 1. The van der Waals surface area contributed by atoms with Gasteiger partial charge in [-0.1, -0.05) is 6.07 Å². The molecular weight excluding hydrogens is 200 g/mol. The van der Waals surface area contributed by atoms with E-state index in [0.717, 1.165) is 22.4 Å². The number of nitrogens with zero attached hydrogens (tertiary/aromatic N) is 4. The van der Waals surface area contributed by atoms with Crippen molar-refractivity contribution in [3.63, 3.8) is 0 Å². The van der Waals surface area contributed by atoms with Gasteiger partial charge in [-0.05, 0) is 24.3 Å². The first-order chi connectivity index (χ1) is 7.86. The zero-order valence-corrected chi connectivity index (χ0v) is 8.83. The summed E-state index contributed by atoms with van der Waals surface area (Å²) >= 11 is 0. The van der Waals surface area contributed by atoms with Crippen molar-refractivity contribution in [2.45, 2.75) is 0 Å². The SMILES string of the molecule is Cn1nc2ncccc2c1-c1ccccn1. The minimum Gasteiger partial charge on any atom is -0.264 e. The molecule has 0 saturated carbocycles. The number of hydrogen-bond acceptors (Lipinski definition) is 3. The van der Waals surface area contributed by atoms with Crippen LogP contribution < -0.4 is 0 Å². The van der Waals surface area contributed by atoms with Crippen LogP contribution in [0.1, 0.15) is 0 Å². The highest BCUT2D eigenvalue weighted by Gasteiger charge is 2.11. The molecule has 0 aliphatic rings. The lowest BCUT2D eigenvalue weighted by molar-refractivity contribution is 0.781. The molecule has 3 aromatic rings. The summed E-state index contributed by atoms with van der Waals surface area (Å²) in [6.45, 7) is 0. The standard InChI is InChI=1S/C12H10N4/c1-16-11(10-6-2-3-7-13-10)9-5-4-8-14-12(9)15-16/h2-8H,1H3. The molecule has 0 aromatic carbocycles. The third-order valence-electron chi connectivity index (χ3n) is 2.52. The van der Waals surface area contributed by atoms with Crippen LogP contribution in [0.25, 0.3) is 22.4 Å². The molecule has 0 saturated heterocycles. The highest BCUT2D eigenvalue weighted by atomic mass is 15.3. The van der Waals surface area contributed by atoms with Gasteiger partial charge in [0.15, 0.2) is 5.65 Å². The Morgan fingerprint density at radius 1 is 1.00 bits per heavy atom. The first-order valence-electron chi connectivity index (χ1n) is 5.05. The summed E-state index contributed by atoms with van der Waals surface area (Å²) in [7, 11) is 1.91. The van der Waals surface area contributed by atoms with Gasteiger partial charge in [0.25, 0.3) is 0 Å². The van der Waals surface area contributed by atoms with E-state index in [-0.39, 0.29) is 0 Å². The van der Waals surface area contributed by atoms with E-state index >= 15 is 0 Å². The number of hydrogen-bond donors (Lipinski definition) is 0. The van der Waals surface area contributed by atoms with Gasteiger partial charge in [-0.25, -0.2) is 4.98 Å². The molecule has 4 heteroatoms. The molecule has 3 rings (SSSR count). The zero-order chi connectivity index (χ0) is 11.0. The summed E-state index contributed by atoms with van der Waals surface area (Å²) in [4.78, 5) is 8.57. The summed E-state index contributed by atoms with van der Waals surface area (Å²) in [6, 6.07) is 9.77. The molecule has 0 bridgehead atoms. The molecule has 78 valence electrons. The molecule has 3 aromatic heterocycles. The van der Waals surface area contributed by atoms with Gasteiger partial charge in [0.2, 0.25) is 0 Å². The van der Waals surface area contributed by atoms with Crippen molar-refractivity contribution >= 4 is 11.0 Å². The molecule has 4 nitrogen and oxygen atoms in total. The molecule has 0 aliphatic heterocycles. The molecule has 0 atom stereocenters. The Morgan fingerprint density at radius 2 is 1.88 bits per heavy atom. The Labute approximate surface area is 92.6 Å². The molecule has 0 aliphatic carbocycles. The van der Waals surface area contributed by atoms with E-state index in [2.05, 4.69) is 15.1 Å². The first-order valence-corrected chi connectivity index (χ1v) is 5.05. The quantitative estimate of drug-likeness (QED) is 0.617. The van der Waals surface area contributed by atoms with Crippen molar-refractivity contribution in [1.82, 2.24) is 19.7 Å². The van der Waals surface area contributed by atoms with E-state index in [1.165, 1.54) is 0 Å². The first kappa shape index (κ1) is 9.03. The van der Waals surface area contributed by atoms with Crippen LogP contribution >= 0.6 is 0 Å². The Morgan fingerprint density at radius 3 is 2.69 bits per heavy atom. The maximum atomic E-state index is 4.36. The predicted molar refractivity (Wildman–Crippen MR) is 61.7 cm³/mol. The monoisotopic (exact) mass is 210 g/mol. The highest BCUT2D eigenvalue weighted by molar-refractivity contribution is 5.89. The fourth-order valence-corrected chi connectivity index (χ4v) is 1.83. The van der Waals surface area contributed by atoms with E-state index in [1.54, 1.807) is 12.4 Å². The van der Waals surface area contributed by atoms with Crippen molar-refractivity contribution < 1.29 is 0 Å². The van der Waals surface area contributed by atoms with Gasteiger partial charge < -0.3 is 0 Å². The molecule has 0 radical (unpaired) electrons. The lowest BCUT2D eigenvalue weighted by Crippen LogP contribution is -1.94. The fraction of sp³-hybridized carbons (Fsp3) is 0.0833. The Bertz CT molecular complexity index is 628. The Kier molecular flexibility index (Phi) is 1.93. The number of rotatable bonds is 1. The van der Waals surface area contributed by atoms with E-state index < -0.39 is 0 Å². The van der Waals surface area contributed by atoms with E-state index in [1.807, 2.05) is 42.1 Å². The second kappa shape index (κ2) is 3.41. The van der Waals surface area contributed by atoms with Crippen molar-refractivity contribution in [2.24, 2.45) is 7.05 Å². The van der Waals surface area contributed by atoms with Crippen molar-refractivity contribution in [1.29, 1.82) is 0 Å². The maximum absolute atomic E-state index is 4.36. The van der Waals surface area contributed by atoms with E-state index in [0.29, 0.717) is 0 Å².